The van der Waals surface area contributed by atoms with Crippen LogP contribution < -0.4 is 5.32 Å². The molecule has 0 spiro atoms. The summed E-state index contributed by atoms with van der Waals surface area (Å²) >= 11 is 0. The van der Waals surface area contributed by atoms with Gasteiger partial charge in [0.15, 0.2) is 0 Å². The Labute approximate surface area is 135 Å². The molecule has 2 heterocycles. The van der Waals surface area contributed by atoms with Gasteiger partial charge in [0.25, 0.3) is 5.91 Å². The average Bonchev–Trinajstić information content (AvgIpc) is 3.24. The first-order valence-corrected chi connectivity index (χ1v) is 8.39. The SMILES string of the molecule is O=C(NCC1(O)CCCC1)C1CCN(C(=O)c2ccoc2)CC1. The molecule has 1 saturated heterocycles. The molecule has 1 saturated carbocycles. The zero-order valence-corrected chi connectivity index (χ0v) is 13.3. The van der Waals surface area contributed by atoms with Crippen LogP contribution in [-0.2, 0) is 4.79 Å². The van der Waals surface area contributed by atoms with E-state index in [0.717, 1.165) is 25.7 Å². The molecule has 0 unspecified atom stereocenters. The number of nitrogens with zero attached hydrogens (tertiary/aromatic N) is 1. The van der Waals surface area contributed by atoms with Crippen molar-refractivity contribution < 1.29 is 19.1 Å². The van der Waals surface area contributed by atoms with E-state index < -0.39 is 5.60 Å². The highest BCUT2D eigenvalue weighted by Gasteiger charge is 2.33. The summed E-state index contributed by atoms with van der Waals surface area (Å²) in [5.41, 5.74) is -0.162. The molecule has 1 aromatic rings. The van der Waals surface area contributed by atoms with E-state index in [0.29, 0.717) is 38.0 Å². The molecular weight excluding hydrogens is 296 g/mol. The molecule has 1 aliphatic heterocycles. The van der Waals surface area contributed by atoms with Crippen molar-refractivity contribution in [2.75, 3.05) is 19.6 Å². The Morgan fingerprint density at radius 1 is 1.30 bits per heavy atom. The monoisotopic (exact) mass is 320 g/mol. The summed E-state index contributed by atoms with van der Waals surface area (Å²) in [4.78, 5) is 26.2. The van der Waals surface area contributed by atoms with Crippen molar-refractivity contribution in [3.05, 3.63) is 24.2 Å². The maximum Gasteiger partial charge on any atom is 0.257 e. The van der Waals surface area contributed by atoms with E-state index in [-0.39, 0.29) is 17.7 Å². The Morgan fingerprint density at radius 2 is 2.00 bits per heavy atom. The molecule has 1 aliphatic carbocycles. The van der Waals surface area contributed by atoms with Gasteiger partial charge in [0.2, 0.25) is 5.91 Å². The number of rotatable bonds is 4. The Bertz CT molecular complexity index is 541. The smallest absolute Gasteiger partial charge is 0.257 e. The van der Waals surface area contributed by atoms with Crippen molar-refractivity contribution in [3.63, 3.8) is 0 Å². The number of likely N-dealkylation sites (tertiary alicyclic amines) is 1. The van der Waals surface area contributed by atoms with E-state index >= 15 is 0 Å². The minimum atomic E-state index is -0.715. The summed E-state index contributed by atoms with van der Waals surface area (Å²) in [6, 6.07) is 1.66. The van der Waals surface area contributed by atoms with E-state index in [2.05, 4.69) is 5.32 Å². The van der Waals surface area contributed by atoms with Crippen LogP contribution in [0.1, 0.15) is 48.9 Å². The standard InChI is InChI=1S/C17H24N2O4/c20-15(18-12-17(22)6-1-2-7-17)13-3-8-19(9-4-13)16(21)14-5-10-23-11-14/h5,10-11,13,22H,1-4,6-9,12H2,(H,18,20). The van der Waals surface area contributed by atoms with Gasteiger partial charge in [0.05, 0.1) is 17.4 Å². The van der Waals surface area contributed by atoms with E-state index in [1.165, 1.54) is 12.5 Å². The molecule has 1 aromatic heterocycles. The third-order valence-corrected chi connectivity index (χ3v) is 5.05. The maximum absolute atomic E-state index is 12.3. The second-order valence-corrected chi connectivity index (χ2v) is 6.73. The summed E-state index contributed by atoms with van der Waals surface area (Å²) in [6.45, 7) is 1.50. The van der Waals surface area contributed by atoms with Crippen LogP contribution in [0.25, 0.3) is 0 Å². The molecule has 0 aromatic carbocycles. The lowest BCUT2D eigenvalue weighted by Crippen LogP contribution is -2.46. The molecule has 6 nitrogen and oxygen atoms in total. The largest absolute Gasteiger partial charge is 0.472 e. The summed E-state index contributed by atoms with van der Waals surface area (Å²) in [5.74, 6) is -0.119. The molecule has 23 heavy (non-hydrogen) atoms. The van der Waals surface area contributed by atoms with E-state index in [4.69, 9.17) is 4.42 Å². The van der Waals surface area contributed by atoms with Gasteiger partial charge in [0, 0.05) is 25.6 Å². The number of piperidine rings is 1. The number of nitrogens with one attached hydrogen (secondary N) is 1. The van der Waals surface area contributed by atoms with Crippen LogP contribution in [0, 0.1) is 5.92 Å². The predicted molar refractivity (Wildman–Crippen MR) is 83.8 cm³/mol. The van der Waals surface area contributed by atoms with Crippen molar-refractivity contribution >= 4 is 11.8 Å². The predicted octanol–water partition coefficient (Wildman–Crippen LogP) is 1.55. The van der Waals surface area contributed by atoms with Crippen molar-refractivity contribution in [1.82, 2.24) is 10.2 Å². The number of furan rings is 1. The van der Waals surface area contributed by atoms with Crippen molar-refractivity contribution in [1.29, 1.82) is 0 Å². The second-order valence-electron chi connectivity index (χ2n) is 6.73. The highest BCUT2D eigenvalue weighted by molar-refractivity contribution is 5.94. The molecule has 126 valence electrons. The number of hydrogen-bond acceptors (Lipinski definition) is 4. The summed E-state index contributed by atoms with van der Waals surface area (Å²) in [7, 11) is 0. The van der Waals surface area contributed by atoms with Gasteiger partial charge in [-0.1, -0.05) is 12.8 Å². The lowest BCUT2D eigenvalue weighted by molar-refractivity contribution is -0.127. The Hall–Kier alpha value is -1.82. The lowest BCUT2D eigenvalue weighted by atomic mass is 9.94. The first kappa shape index (κ1) is 16.1. The van der Waals surface area contributed by atoms with Gasteiger partial charge in [-0.15, -0.1) is 0 Å². The minimum absolute atomic E-state index is 0.000681. The number of aliphatic hydroxyl groups is 1. The highest BCUT2D eigenvalue weighted by Crippen LogP contribution is 2.29. The van der Waals surface area contributed by atoms with Gasteiger partial charge in [-0.25, -0.2) is 0 Å². The zero-order valence-electron chi connectivity index (χ0n) is 13.3. The van der Waals surface area contributed by atoms with Gasteiger partial charge in [-0.05, 0) is 31.7 Å². The average molecular weight is 320 g/mol. The molecule has 3 rings (SSSR count). The van der Waals surface area contributed by atoms with Crippen LogP contribution in [0.5, 0.6) is 0 Å². The zero-order chi connectivity index (χ0) is 16.3. The summed E-state index contributed by atoms with van der Waals surface area (Å²) in [5, 5.41) is 13.2. The fourth-order valence-corrected chi connectivity index (χ4v) is 3.52. The van der Waals surface area contributed by atoms with E-state index in [1.807, 2.05) is 0 Å². The number of carbonyl (C=O) groups excluding carboxylic acids is 2. The van der Waals surface area contributed by atoms with Crippen LogP contribution in [-0.4, -0.2) is 47.1 Å². The third kappa shape index (κ3) is 3.75. The van der Waals surface area contributed by atoms with Crippen molar-refractivity contribution in [2.45, 2.75) is 44.1 Å². The van der Waals surface area contributed by atoms with Gasteiger partial charge in [-0.3, -0.25) is 9.59 Å². The van der Waals surface area contributed by atoms with Crippen LogP contribution in [0.3, 0.4) is 0 Å². The van der Waals surface area contributed by atoms with Gasteiger partial charge in [-0.2, -0.15) is 0 Å². The first-order valence-electron chi connectivity index (χ1n) is 8.39. The normalized spacial score (nSPS) is 21.3. The van der Waals surface area contributed by atoms with Crippen LogP contribution in [0.4, 0.5) is 0 Å². The van der Waals surface area contributed by atoms with Crippen molar-refractivity contribution in [3.8, 4) is 0 Å². The molecule has 2 N–H and O–H groups in total. The number of amides is 2. The number of carbonyl (C=O) groups is 2. The lowest BCUT2D eigenvalue weighted by Gasteiger charge is -2.32. The Balaban J connectivity index is 1.45. The third-order valence-electron chi connectivity index (χ3n) is 5.05. The Kier molecular flexibility index (Phi) is 4.71. The first-order chi connectivity index (χ1) is 11.1. The maximum atomic E-state index is 12.3. The molecule has 2 aliphatic rings. The fourth-order valence-electron chi connectivity index (χ4n) is 3.52. The van der Waals surface area contributed by atoms with Gasteiger partial charge in [0.1, 0.15) is 6.26 Å². The molecular formula is C17H24N2O4. The molecule has 2 amide bonds. The molecule has 0 radical (unpaired) electrons. The molecule has 0 bridgehead atoms. The van der Waals surface area contributed by atoms with Crippen LogP contribution in [0.2, 0.25) is 0 Å². The summed E-state index contributed by atoms with van der Waals surface area (Å²) < 4.78 is 4.94. The topological polar surface area (TPSA) is 82.8 Å². The highest BCUT2D eigenvalue weighted by atomic mass is 16.3. The van der Waals surface area contributed by atoms with Crippen molar-refractivity contribution in [2.24, 2.45) is 5.92 Å². The van der Waals surface area contributed by atoms with E-state index in [9.17, 15) is 14.7 Å². The quantitative estimate of drug-likeness (QED) is 0.882. The second kappa shape index (κ2) is 6.74. The van der Waals surface area contributed by atoms with Crippen LogP contribution in [0.15, 0.2) is 23.0 Å². The van der Waals surface area contributed by atoms with Gasteiger partial charge >= 0.3 is 0 Å². The summed E-state index contributed by atoms with van der Waals surface area (Å²) in [6.07, 6.45) is 7.85. The molecule has 2 fully saturated rings. The molecule has 0 atom stereocenters. The Morgan fingerprint density at radius 3 is 2.61 bits per heavy atom. The van der Waals surface area contributed by atoms with Gasteiger partial charge < -0.3 is 19.7 Å². The number of hydrogen-bond donors (Lipinski definition) is 2. The van der Waals surface area contributed by atoms with E-state index in [1.54, 1.807) is 11.0 Å². The molecule has 6 heteroatoms. The minimum Gasteiger partial charge on any atom is -0.472 e. The fraction of sp³-hybridized carbons (Fsp3) is 0.647. The van der Waals surface area contributed by atoms with Crippen LogP contribution >= 0.6 is 0 Å².